The molecule has 2 aliphatic rings. The topological polar surface area (TPSA) is 213 Å². The van der Waals surface area contributed by atoms with Crippen molar-refractivity contribution in [2.24, 2.45) is 0 Å². The number of aryl methyl sites for hydroxylation is 1. The second kappa shape index (κ2) is 20.2. The Morgan fingerprint density at radius 2 is 1.78 bits per heavy atom. The number of thiazole rings is 1. The first-order valence-corrected chi connectivity index (χ1v) is 22.2. The van der Waals surface area contributed by atoms with Crippen molar-refractivity contribution in [1.82, 2.24) is 49.5 Å². The van der Waals surface area contributed by atoms with Crippen molar-refractivity contribution in [3.8, 4) is 11.5 Å². The largest absolute Gasteiger partial charge is 0.497 e. The van der Waals surface area contributed by atoms with Crippen LogP contribution in [-0.2, 0) is 40.3 Å². The lowest BCUT2D eigenvalue weighted by molar-refractivity contribution is -0.147. The van der Waals surface area contributed by atoms with Gasteiger partial charge in [-0.2, -0.15) is 0 Å². The number of nitrogens with zero attached hydrogens (tertiary/aromatic N) is 9. The molecule has 5 aromatic rings. The lowest BCUT2D eigenvalue weighted by atomic mass is 9.88. The van der Waals surface area contributed by atoms with Crippen LogP contribution in [0.3, 0.4) is 0 Å². The van der Waals surface area contributed by atoms with Crippen molar-refractivity contribution in [1.29, 1.82) is 0 Å². The van der Waals surface area contributed by atoms with Crippen molar-refractivity contribution in [2.75, 3.05) is 70.4 Å². The molecule has 2 aromatic carbocycles. The lowest BCUT2D eigenvalue weighted by Gasteiger charge is -2.42. The predicted octanol–water partition coefficient (Wildman–Crippen LogP) is 3.44. The minimum atomic E-state index is -0.795. The number of urea groups is 1. The first-order chi connectivity index (χ1) is 30.3. The summed E-state index contributed by atoms with van der Waals surface area (Å²) in [5.41, 5.74) is 3.84. The van der Waals surface area contributed by atoms with Crippen LogP contribution in [0.4, 0.5) is 15.6 Å². The third-order valence-electron chi connectivity index (χ3n) is 10.9. The van der Waals surface area contributed by atoms with E-state index in [1.165, 1.54) is 29.3 Å². The third-order valence-corrected chi connectivity index (χ3v) is 12.8. The standard InChI is InChI=1S/C42H50N12O7S2/c1-26-21-43-40(58)46-38(26)62-25-37(56)54-27(2)34-11-10-33(60-5)18-28(34)19-35(54)39(57)51(4)22-31-23-53(49-48-31)16-17-61-32-8-6-29(7-9-32)44-41(59)47-42-45-30(24-63-42)20-36(55)52-14-12-50(3)13-15-52/h6-11,18,21,23-24,27,35H,12-17,19-20,22,25H2,1-5H3,(H,43,46,58)(H2,44,45,47,59)/t27-,35-/m1/s1. The van der Waals surface area contributed by atoms with Gasteiger partial charge in [0.1, 0.15) is 29.8 Å². The number of rotatable bonds is 15. The summed E-state index contributed by atoms with van der Waals surface area (Å²) in [7, 11) is 5.30. The molecule has 0 radical (unpaired) electrons. The average Bonchev–Trinajstić information content (AvgIpc) is 3.92. The molecule has 0 saturated carbocycles. The Bertz CT molecular complexity index is 2480. The van der Waals surface area contributed by atoms with Gasteiger partial charge in [0, 0.05) is 56.9 Å². The van der Waals surface area contributed by atoms with Gasteiger partial charge >= 0.3 is 11.7 Å². The van der Waals surface area contributed by atoms with Gasteiger partial charge in [-0.05, 0) is 74.0 Å². The summed E-state index contributed by atoms with van der Waals surface area (Å²) in [6.07, 6.45) is 3.70. The smallest absolute Gasteiger partial charge is 0.345 e. The minimum Gasteiger partial charge on any atom is -0.497 e. The van der Waals surface area contributed by atoms with E-state index in [0.29, 0.717) is 64.8 Å². The zero-order valence-corrected chi connectivity index (χ0v) is 37.3. The summed E-state index contributed by atoms with van der Waals surface area (Å²) in [5.74, 6) is 0.798. The number of carbonyl (C=O) groups is 4. The monoisotopic (exact) mass is 898 g/mol. The van der Waals surface area contributed by atoms with Gasteiger partial charge in [-0.1, -0.05) is 23.0 Å². The van der Waals surface area contributed by atoms with Gasteiger partial charge in [0.05, 0.1) is 55.3 Å². The maximum Gasteiger partial charge on any atom is 0.345 e. The normalized spacial score (nSPS) is 16.3. The summed E-state index contributed by atoms with van der Waals surface area (Å²) in [5, 5.41) is 16.7. The minimum absolute atomic E-state index is 0.0108. The number of methoxy groups -OCH3 is 1. The van der Waals surface area contributed by atoms with Crippen LogP contribution in [-0.4, -0.2) is 139 Å². The molecular weight excluding hydrogens is 849 g/mol. The van der Waals surface area contributed by atoms with Gasteiger partial charge in [0.25, 0.3) is 0 Å². The molecule has 19 nitrogen and oxygen atoms in total. The maximum absolute atomic E-state index is 14.2. The van der Waals surface area contributed by atoms with E-state index in [-0.39, 0.29) is 43.0 Å². The Morgan fingerprint density at radius 1 is 1.02 bits per heavy atom. The van der Waals surface area contributed by atoms with Gasteiger partial charge in [-0.15, -0.1) is 16.4 Å². The fraction of sp³-hybridized carbons (Fsp3) is 0.405. The second-order valence-electron chi connectivity index (χ2n) is 15.4. The molecule has 3 N–H and O–H groups in total. The molecule has 0 unspecified atom stereocenters. The van der Waals surface area contributed by atoms with Gasteiger partial charge in [-0.3, -0.25) is 19.7 Å². The number of likely N-dealkylation sites (N-methyl/N-ethyl adjacent to an activating group) is 2. The van der Waals surface area contributed by atoms with Crippen LogP contribution in [0.15, 0.2) is 70.1 Å². The fourth-order valence-corrected chi connectivity index (χ4v) is 8.99. The number of H-pyrrole nitrogens is 1. The van der Waals surface area contributed by atoms with Crippen molar-refractivity contribution < 1.29 is 28.7 Å². The van der Waals surface area contributed by atoms with Gasteiger partial charge in [-0.25, -0.2) is 24.2 Å². The number of hydrogen-bond acceptors (Lipinski definition) is 14. The highest BCUT2D eigenvalue weighted by molar-refractivity contribution is 7.99. The summed E-state index contributed by atoms with van der Waals surface area (Å²) in [6, 6.07) is 10.9. The van der Waals surface area contributed by atoms with E-state index in [2.05, 4.69) is 40.8 Å². The van der Waals surface area contributed by atoms with Crippen molar-refractivity contribution in [3.63, 3.8) is 0 Å². The van der Waals surface area contributed by atoms with E-state index in [4.69, 9.17) is 9.47 Å². The number of aromatic amines is 1. The number of thioether (sulfide) groups is 1. The third kappa shape index (κ3) is 11.4. The van der Waals surface area contributed by atoms with Crippen LogP contribution < -0.4 is 25.8 Å². The van der Waals surface area contributed by atoms with Gasteiger partial charge in [0.2, 0.25) is 17.7 Å². The molecule has 63 heavy (non-hydrogen) atoms. The molecule has 21 heteroatoms. The Labute approximate surface area is 372 Å². The van der Waals surface area contributed by atoms with Crippen LogP contribution >= 0.6 is 23.1 Å². The van der Waals surface area contributed by atoms with Crippen molar-refractivity contribution in [2.45, 2.75) is 56.9 Å². The molecule has 1 fully saturated rings. The van der Waals surface area contributed by atoms with Crippen LogP contribution in [0.2, 0.25) is 0 Å². The molecule has 5 heterocycles. The number of carbonyl (C=O) groups excluding carboxylic acids is 4. The quantitative estimate of drug-likeness (QED) is 0.102. The van der Waals surface area contributed by atoms with Crippen LogP contribution in [0.5, 0.6) is 11.5 Å². The molecule has 0 spiro atoms. The van der Waals surface area contributed by atoms with Gasteiger partial charge < -0.3 is 39.4 Å². The SMILES string of the molecule is COc1ccc2c(c1)C[C@H](C(=O)N(C)Cc1cn(CCOc3ccc(NC(=O)Nc4nc(CC(=O)N5CCN(C)CC5)cs4)cc3)nn1)N(C(=O)CSc1[nH]c(=O)ncc1C)[C@@H]2C. The fourth-order valence-electron chi connectivity index (χ4n) is 7.43. The highest BCUT2D eigenvalue weighted by atomic mass is 32.2. The number of aromatic nitrogens is 6. The molecule has 0 bridgehead atoms. The Kier molecular flexibility index (Phi) is 14.4. The number of fused-ring (bicyclic) bond motifs is 1. The molecular formula is C42H50N12O7S2. The number of anilines is 2. The summed E-state index contributed by atoms with van der Waals surface area (Å²) >= 11 is 2.46. The Balaban J connectivity index is 0.885. The summed E-state index contributed by atoms with van der Waals surface area (Å²) in [4.78, 5) is 83.4. The Hall–Kier alpha value is -6.32. The highest BCUT2D eigenvalue weighted by Crippen LogP contribution is 2.36. The van der Waals surface area contributed by atoms with Crippen molar-refractivity contribution in [3.05, 3.63) is 98.8 Å². The molecule has 0 aliphatic carbocycles. The number of hydrogen-bond donors (Lipinski definition) is 3. The number of amides is 5. The number of ether oxygens (including phenoxy) is 2. The van der Waals surface area contributed by atoms with E-state index < -0.39 is 23.8 Å². The number of nitrogens with one attached hydrogen (secondary N) is 3. The number of piperazine rings is 1. The molecule has 1 saturated heterocycles. The highest BCUT2D eigenvalue weighted by Gasteiger charge is 2.40. The number of benzene rings is 2. The van der Waals surface area contributed by atoms with E-state index in [1.54, 1.807) is 71.4 Å². The molecule has 7 rings (SSSR count). The van der Waals surface area contributed by atoms with Crippen LogP contribution in [0.1, 0.15) is 41.0 Å². The summed E-state index contributed by atoms with van der Waals surface area (Å²) < 4.78 is 13.0. The van der Waals surface area contributed by atoms with E-state index in [1.807, 2.05) is 37.1 Å². The predicted molar refractivity (Wildman–Crippen MR) is 237 cm³/mol. The van der Waals surface area contributed by atoms with E-state index >= 15 is 0 Å². The zero-order valence-electron chi connectivity index (χ0n) is 35.7. The molecule has 2 atom stereocenters. The molecule has 332 valence electrons. The van der Waals surface area contributed by atoms with E-state index in [0.717, 1.165) is 29.8 Å². The summed E-state index contributed by atoms with van der Waals surface area (Å²) in [6.45, 7) is 7.62. The molecule has 2 aliphatic heterocycles. The van der Waals surface area contributed by atoms with Gasteiger partial charge in [0.15, 0.2) is 5.13 Å². The first kappa shape index (κ1) is 44.7. The average molecular weight is 899 g/mol. The molecule has 3 aromatic heterocycles. The Morgan fingerprint density at radius 3 is 2.54 bits per heavy atom. The van der Waals surface area contributed by atoms with Crippen LogP contribution in [0, 0.1) is 6.92 Å². The lowest BCUT2D eigenvalue weighted by Crippen LogP contribution is -2.54. The van der Waals surface area contributed by atoms with Crippen molar-refractivity contribution >= 4 is 57.7 Å². The van der Waals surface area contributed by atoms with E-state index in [9.17, 15) is 24.0 Å². The zero-order chi connectivity index (χ0) is 44.6. The van der Waals surface area contributed by atoms with Crippen LogP contribution in [0.25, 0.3) is 0 Å². The first-order valence-electron chi connectivity index (χ1n) is 20.4. The molecule has 5 amide bonds. The maximum atomic E-state index is 14.2. The second-order valence-corrected chi connectivity index (χ2v) is 17.2.